The molecule has 2 heteroatoms. The number of anilines is 1. The highest BCUT2D eigenvalue weighted by Gasteiger charge is 2.37. The highest BCUT2D eigenvalue weighted by atomic mass is 16.2. The van der Waals surface area contributed by atoms with E-state index in [1.165, 1.54) is 25.7 Å². The lowest BCUT2D eigenvalue weighted by Crippen LogP contribution is -2.35. The van der Waals surface area contributed by atoms with Gasteiger partial charge in [-0.15, -0.1) is 0 Å². The van der Waals surface area contributed by atoms with Gasteiger partial charge in [-0.25, -0.2) is 0 Å². The van der Waals surface area contributed by atoms with Gasteiger partial charge in [0.25, 0.3) is 0 Å². The first-order valence-electron chi connectivity index (χ1n) is 6.36. The molecule has 0 N–H and O–H groups in total. The van der Waals surface area contributed by atoms with Crippen LogP contribution in [0.1, 0.15) is 32.1 Å². The maximum atomic E-state index is 12.2. The number of amides is 1. The lowest BCUT2D eigenvalue weighted by atomic mass is 9.80. The van der Waals surface area contributed by atoms with Crippen LogP contribution in [0.4, 0.5) is 5.69 Å². The molecule has 1 spiro atoms. The van der Waals surface area contributed by atoms with Crippen LogP contribution in [0.5, 0.6) is 0 Å². The second kappa shape index (κ2) is 4.02. The van der Waals surface area contributed by atoms with Crippen LogP contribution in [-0.4, -0.2) is 5.91 Å². The average Bonchev–Trinajstić information content (AvgIpc) is 2.79. The van der Waals surface area contributed by atoms with E-state index in [9.17, 15) is 4.79 Å². The number of allylic oxidation sites excluding steroid dienone is 1. The normalized spacial score (nSPS) is 22.4. The molecule has 0 unspecified atom stereocenters. The lowest BCUT2D eigenvalue weighted by molar-refractivity contribution is -0.120. The fourth-order valence-electron chi connectivity index (χ4n) is 3.00. The molecule has 0 saturated heterocycles. The molecule has 0 atom stereocenters. The minimum atomic E-state index is 0.183. The highest BCUT2D eigenvalue weighted by molar-refractivity contribution is 5.96. The molecular weight excluding hydrogens is 210 g/mol. The first-order valence-corrected chi connectivity index (χ1v) is 6.36. The minimum absolute atomic E-state index is 0.183. The van der Waals surface area contributed by atoms with Gasteiger partial charge in [0.15, 0.2) is 0 Å². The van der Waals surface area contributed by atoms with Crippen LogP contribution >= 0.6 is 0 Å². The molecule has 0 radical (unpaired) electrons. The fraction of sp³-hybridized carbons (Fsp3) is 0.400. The van der Waals surface area contributed by atoms with E-state index in [4.69, 9.17) is 0 Å². The topological polar surface area (TPSA) is 20.3 Å². The Balaban J connectivity index is 1.88. The lowest BCUT2D eigenvalue weighted by Gasteiger charge is -2.33. The zero-order valence-electron chi connectivity index (χ0n) is 9.93. The molecule has 2 aliphatic rings. The van der Waals surface area contributed by atoms with Crippen molar-refractivity contribution < 1.29 is 4.79 Å². The Morgan fingerprint density at radius 1 is 1.06 bits per heavy atom. The Labute approximate surface area is 102 Å². The smallest absolute Gasteiger partial charge is 0.231 e. The summed E-state index contributed by atoms with van der Waals surface area (Å²) in [7, 11) is 0. The van der Waals surface area contributed by atoms with Crippen LogP contribution in [0.3, 0.4) is 0 Å². The van der Waals surface area contributed by atoms with Crippen molar-refractivity contribution >= 4 is 11.6 Å². The first-order chi connectivity index (χ1) is 8.29. The number of rotatable bonds is 1. The van der Waals surface area contributed by atoms with E-state index in [-0.39, 0.29) is 11.3 Å². The molecule has 1 aliphatic heterocycles. The van der Waals surface area contributed by atoms with E-state index >= 15 is 0 Å². The molecule has 3 rings (SSSR count). The summed E-state index contributed by atoms with van der Waals surface area (Å²) in [6, 6.07) is 9.87. The average molecular weight is 227 g/mol. The molecule has 0 aromatic heterocycles. The maximum absolute atomic E-state index is 12.2. The summed E-state index contributed by atoms with van der Waals surface area (Å²) in [5, 5.41) is 0. The Hall–Kier alpha value is -1.57. The third-order valence-electron chi connectivity index (χ3n) is 3.98. The number of benzene rings is 1. The Kier molecular flexibility index (Phi) is 2.50. The van der Waals surface area contributed by atoms with E-state index in [0.717, 1.165) is 5.69 Å². The largest absolute Gasteiger partial charge is 0.288 e. The van der Waals surface area contributed by atoms with Crippen molar-refractivity contribution in [1.29, 1.82) is 0 Å². The van der Waals surface area contributed by atoms with Crippen LogP contribution in [-0.2, 0) is 4.79 Å². The molecule has 0 bridgehead atoms. The third kappa shape index (κ3) is 1.88. The summed E-state index contributed by atoms with van der Waals surface area (Å²) in [4.78, 5) is 14.0. The van der Waals surface area contributed by atoms with Gasteiger partial charge in [-0.05, 0) is 30.4 Å². The van der Waals surface area contributed by atoms with E-state index in [2.05, 4.69) is 6.08 Å². The van der Waals surface area contributed by atoms with Crippen molar-refractivity contribution in [2.24, 2.45) is 5.41 Å². The summed E-state index contributed by atoms with van der Waals surface area (Å²) in [6.45, 7) is 0. The van der Waals surface area contributed by atoms with E-state index in [1.54, 1.807) is 4.90 Å². The van der Waals surface area contributed by atoms with Gasteiger partial charge in [0.05, 0.1) is 0 Å². The predicted octanol–water partition coefficient (Wildman–Crippen LogP) is 3.50. The molecule has 88 valence electrons. The van der Waals surface area contributed by atoms with Gasteiger partial charge in [0.2, 0.25) is 5.91 Å². The molecule has 1 heterocycles. The van der Waals surface area contributed by atoms with Crippen LogP contribution < -0.4 is 4.90 Å². The van der Waals surface area contributed by atoms with Gasteiger partial charge in [0, 0.05) is 18.3 Å². The number of nitrogens with zero attached hydrogens (tertiary/aromatic N) is 1. The first kappa shape index (κ1) is 10.6. The van der Waals surface area contributed by atoms with Crippen molar-refractivity contribution in [3.8, 4) is 0 Å². The van der Waals surface area contributed by atoms with Gasteiger partial charge < -0.3 is 0 Å². The van der Waals surface area contributed by atoms with Crippen LogP contribution in [0.15, 0.2) is 42.6 Å². The molecule has 1 saturated carbocycles. The maximum Gasteiger partial charge on any atom is 0.231 e. The SMILES string of the molecule is O=C1CC2(C=CN1c1ccccc1)CCCC2. The van der Waals surface area contributed by atoms with Gasteiger partial charge in [0.1, 0.15) is 0 Å². The van der Waals surface area contributed by atoms with Crippen molar-refractivity contribution in [2.45, 2.75) is 32.1 Å². The molecule has 1 fully saturated rings. The number of hydrogen-bond donors (Lipinski definition) is 0. The minimum Gasteiger partial charge on any atom is -0.288 e. The molecule has 2 nitrogen and oxygen atoms in total. The second-order valence-electron chi connectivity index (χ2n) is 5.16. The number of carbonyl (C=O) groups excluding carboxylic acids is 1. The van der Waals surface area contributed by atoms with Crippen molar-refractivity contribution in [2.75, 3.05) is 4.90 Å². The second-order valence-corrected chi connectivity index (χ2v) is 5.16. The quantitative estimate of drug-likeness (QED) is 0.719. The number of carbonyl (C=O) groups is 1. The zero-order valence-corrected chi connectivity index (χ0v) is 9.93. The molecule has 1 aliphatic carbocycles. The summed E-state index contributed by atoms with van der Waals surface area (Å²) in [6.07, 6.45) is 9.81. The summed E-state index contributed by atoms with van der Waals surface area (Å²) < 4.78 is 0. The molecule has 1 aromatic rings. The van der Waals surface area contributed by atoms with Gasteiger partial charge in [-0.3, -0.25) is 9.69 Å². The molecular formula is C15H17NO. The van der Waals surface area contributed by atoms with Gasteiger partial charge in [-0.1, -0.05) is 37.1 Å². The summed E-state index contributed by atoms with van der Waals surface area (Å²) >= 11 is 0. The Morgan fingerprint density at radius 3 is 2.41 bits per heavy atom. The van der Waals surface area contributed by atoms with Gasteiger partial charge >= 0.3 is 0 Å². The van der Waals surface area contributed by atoms with Crippen molar-refractivity contribution in [3.05, 3.63) is 42.6 Å². The number of hydrogen-bond acceptors (Lipinski definition) is 1. The monoisotopic (exact) mass is 227 g/mol. The zero-order chi connectivity index (χ0) is 11.7. The van der Waals surface area contributed by atoms with Crippen LogP contribution in [0, 0.1) is 5.41 Å². The van der Waals surface area contributed by atoms with Crippen molar-refractivity contribution in [3.63, 3.8) is 0 Å². The van der Waals surface area contributed by atoms with E-state index in [0.29, 0.717) is 6.42 Å². The number of para-hydroxylation sites is 1. The summed E-state index contributed by atoms with van der Waals surface area (Å²) in [5.74, 6) is 0.237. The van der Waals surface area contributed by atoms with Crippen LogP contribution in [0.25, 0.3) is 0 Å². The van der Waals surface area contributed by atoms with E-state index in [1.807, 2.05) is 36.5 Å². The van der Waals surface area contributed by atoms with Crippen LogP contribution in [0.2, 0.25) is 0 Å². The third-order valence-corrected chi connectivity index (χ3v) is 3.98. The predicted molar refractivity (Wildman–Crippen MR) is 68.6 cm³/mol. The highest BCUT2D eigenvalue weighted by Crippen LogP contribution is 2.45. The molecule has 1 aromatic carbocycles. The molecule has 1 amide bonds. The van der Waals surface area contributed by atoms with Gasteiger partial charge in [-0.2, -0.15) is 0 Å². The summed E-state index contributed by atoms with van der Waals surface area (Å²) in [5.41, 5.74) is 1.16. The fourth-order valence-corrected chi connectivity index (χ4v) is 3.00. The Bertz CT molecular complexity index is 443. The molecule has 17 heavy (non-hydrogen) atoms. The Morgan fingerprint density at radius 2 is 1.76 bits per heavy atom. The van der Waals surface area contributed by atoms with E-state index < -0.39 is 0 Å². The standard InChI is InChI=1S/C15H17NO/c17-14-12-15(8-4-5-9-15)10-11-16(14)13-6-2-1-3-7-13/h1-3,6-7,10-11H,4-5,8-9,12H2. The van der Waals surface area contributed by atoms with Crippen molar-refractivity contribution in [1.82, 2.24) is 0 Å².